The summed E-state index contributed by atoms with van der Waals surface area (Å²) >= 11 is 1.66. The molecule has 0 aliphatic rings. The van der Waals surface area contributed by atoms with Gasteiger partial charge in [-0.25, -0.2) is 9.78 Å². The summed E-state index contributed by atoms with van der Waals surface area (Å²) in [6, 6.07) is 13.5. The maximum atomic E-state index is 12.8. The Hall–Kier alpha value is -2.99. The highest BCUT2D eigenvalue weighted by molar-refractivity contribution is 7.15. The number of nitrogens with zero attached hydrogens (tertiary/aromatic N) is 1. The molecule has 0 bridgehead atoms. The van der Waals surface area contributed by atoms with Crippen molar-refractivity contribution in [3.05, 3.63) is 69.7 Å². The molecule has 0 atom stereocenters. The highest BCUT2D eigenvalue weighted by Crippen LogP contribution is 2.33. The van der Waals surface area contributed by atoms with E-state index in [0.29, 0.717) is 24.2 Å². The number of carboxylic acids is 1. The molecule has 31 heavy (non-hydrogen) atoms. The zero-order valence-corrected chi connectivity index (χ0v) is 19.1. The number of hydrogen-bond acceptors (Lipinski definition) is 5. The SMILES string of the molecule is Cc1ccc(-c2nc(C(C)C)c(CCC(=O)c3ccc(OCC(=O)O)c(C)c3)s2)cc1. The zero-order valence-electron chi connectivity index (χ0n) is 18.3. The average Bonchev–Trinajstić information content (AvgIpc) is 3.16. The van der Waals surface area contributed by atoms with Gasteiger partial charge >= 0.3 is 5.97 Å². The number of rotatable bonds is 9. The molecule has 0 aliphatic carbocycles. The Morgan fingerprint density at radius 1 is 1.10 bits per heavy atom. The Morgan fingerprint density at radius 2 is 1.81 bits per heavy atom. The van der Waals surface area contributed by atoms with Gasteiger partial charge in [0, 0.05) is 22.4 Å². The first-order valence-electron chi connectivity index (χ1n) is 10.3. The van der Waals surface area contributed by atoms with Gasteiger partial charge < -0.3 is 9.84 Å². The summed E-state index contributed by atoms with van der Waals surface area (Å²) < 4.78 is 5.24. The number of aromatic nitrogens is 1. The fourth-order valence-electron chi connectivity index (χ4n) is 3.31. The van der Waals surface area contributed by atoms with E-state index in [-0.39, 0.29) is 11.7 Å². The number of Topliss-reactive ketones (excluding diaryl/α,β-unsaturated/α-hetero) is 1. The van der Waals surface area contributed by atoms with E-state index in [0.717, 1.165) is 26.7 Å². The summed E-state index contributed by atoms with van der Waals surface area (Å²) in [7, 11) is 0. The van der Waals surface area contributed by atoms with E-state index in [4.69, 9.17) is 14.8 Å². The van der Waals surface area contributed by atoms with Crippen LogP contribution >= 0.6 is 11.3 Å². The van der Waals surface area contributed by atoms with Gasteiger partial charge in [-0.1, -0.05) is 43.7 Å². The predicted molar refractivity (Wildman–Crippen MR) is 123 cm³/mol. The zero-order chi connectivity index (χ0) is 22.5. The van der Waals surface area contributed by atoms with Gasteiger partial charge in [0.25, 0.3) is 0 Å². The number of thiazole rings is 1. The molecule has 1 aromatic heterocycles. The summed E-state index contributed by atoms with van der Waals surface area (Å²) in [5.74, 6) is -0.220. The highest BCUT2D eigenvalue weighted by Gasteiger charge is 2.17. The highest BCUT2D eigenvalue weighted by atomic mass is 32.1. The summed E-state index contributed by atoms with van der Waals surface area (Å²) in [4.78, 5) is 29.5. The minimum atomic E-state index is -1.03. The number of carbonyl (C=O) groups excluding carboxylic acids is 1. The molecule has 0 fully saturated rings. The molecule has 0 spiro atoms. The fourth-order valence-corrected chi connectivity index (χ4v) is 4.53. The maximum Gasteiger partial charge on any atom is 0.341 e. The first kappa shape index (κ1) is 22.7. The van der Waals surface area contributed by atoms with Crippen LogP contribution in [0.4, 0.5) is 0 Å². The molecule has 5 nitrogen and oxygen atoms in total. The molecule has 0 radical (unpaired) electrons. The third-order valence-corrected chi connectivity index (χ3v) is 6.18. The molecule has 162 valence electrons. The van der Waals surface area contributed by atoms with Gasteiger partial charge in [-0.2, -0.15) is 0 Å². The van der Waals surface area contributed by atoms with Crippen LogP contribution < -0.4 is 4.74 Å². The molecular formula is C25H27NO4S. The van der Waals surface area contributed by atoms with Crippen molar-refractivity contribution in [1.29, 1.82) is 0 Å². The van der Waals surface area contributed by atoms with E-state index in [2.05, 4.69) is 45.0 Å². The van der Waals surface area contributed by atoms with Gasteiger partial charge in [-0.05, 0) is 49.9 Å². The van der Waals surface area contributed by atoms with Crippen molar-refractivity contribution in [3.63, 3.8) is 0 Å². The largest absolute Gasteiger partial charge is 0.482 e. The number of ether oxygens (including phenoxy) is 1. The molecule has 1 heterocycles. The number of benzene rings is 2. The lowest BCUT2D eigenvalue weighted by Gasteiger charge is -2.09. The third-order valence-electron chi connectivity index (χ3n) is 5.00. The molecule has 0 aliphatic heterocycles. The van der Waals surface area contributed by atoms with Crippen LogP contribution in [0.2, 0.25) is 0 Å². The van der Waals surface area contributed by atoms with Crippen LogP contribution in [-0.2, 0) is 11.2 Å². The molecule has 6 heteroatoms. The molecule has 2 aromatic carbocycles. The lowest BCUT2D eigenvalue weighted by Crippen LogP contribution is -2.10. The standard InChI is InChI=1S/C25H27NO4S/c1-15(2)24-22(31-25(26-24)18-7-5-16(3)6-8-18)12-10-20(27)19-9-11-21(17(4)13-19)30-14-23(28)29/h5-9,11,13,15H,10,12,14H2,1-4H3,(H,28,29). The molecule has 1 N–H and O–H groups in total. The Balaban J connectivity index is 1.73. The second-order valence-electron chi connectivity index (χ2n) is 7.93. The van der Waals surface area contributed by atoms with Crippen LogP contribution in [0, 0.1) is 13.8 Å². The number of aryl methyl sites for hydroxylation is 3. The monoisotopic (exact) mass is 437 g/mol. The van der Waals surface area contributed by atoms with Crippen LogP contribution in [0.3, 0.4) is 0 Å². The second-order valence-corrected chi connectivity index (χ2v) is 9.02. The van der Waals surface area contributed by atoms with Gasteiger partial charge in [0.2, 0.25) is 0 Å². The van der Waals surface area contributed by atoms with E-state index in [9.17, 15) is 9.59 Å². The maximum absolute atomic E-state index is 12.8. The summed E-state index contributed by atoms with van der Waals surface area (Å²) in [5.41, 5.74) is 4.72. The van der Waals surface area contributed by atoms with E-state index < -0.39 is 12.6 Å². The van der Waals surface area contributed by atoms with E-state index in [1.807, 2.05) is 6.92 Å². The summed E-state index contributed by atoms with van der Waals surface area (Å²) in [5, 5.41) is 9.74. The molecule has 0 amide bonds. The number of hydrogen-bond donors (Lipinski definition) is 1. The lowest BCUT2D eigenvalue weighted by atomic mass is 10.0. The van der Waals surface area contributed by atoms with Gasteiger partial charge in [0.1, 0.15) is 10.8 Å². The van der Waals surface area contributed by atoms with Crippen LogP contribution in [0.5, 0.6) is 5.75 Å². The van der Waals surface area contributed by atoms with Crippen molar-refractivity contribution in [2.75, 3.05) is 6.61 Å². The van der Waals surface area contributed by atoms with Crippen molar-refractivity contribution in [3.8, 4) is 16.3 Å². The van der Waals surface area contributed by atoms with Gasteiger partial charge in [-0.15, -0.1) is 11.3 Å². The first-order valence-corrected chi connectivity index (χ1v) is 11.1. The lowest BCUT2D eigenvalue weighted by molar-refractivity contribution is -0.139. The quantitative estimate of drug-likeness (QED) is 0.426. The average molecular weight is 438 g/mol. The van der Waals surface area contributed by atoms with E-state index in [1.165, 1.54) is 5.56 Å². The third kappa shape index (κ3) is 5.79. The fraction of sp³-hybridized carbons (Fsp3) is 0.320. The topological polar surface area (TPSA) is 76.5 Å². The normalized spacial score (nSPS) is 11.0. The van der Waals surface area contributed by atoms with Crippen molar-refractivity contribution in [2.45, 2.75) is 46.5 Å². The number of ketones is 1. The van der Waals surface area contributed by atoms with Crippen LogP contribution in [0.15, 0.2) is 42.5 Å². The summed E-state index contributed by atoms with van der Waals surface area (Å²) in [6.45, 7) is 7.72. The second kappa shape index (κ2) is 9.88. The first-order chi connectivity index (χ1) is 14.7. The Bertz CT molecular complexity index is 1080. The molecule has 0 saturated carbocycles. The predicted octanol–water partition coefficient (Wildman–Crippen LogP) is 5.83. The minimum absolute atomic E-state index is 0.0490. The smallest absolute Gasteiger partial charge is 0.341 e. The van der Waals surface area contributed by atoms with Crippen molar-refractivity contribution in [1.82, 2.24) is 4.98 Å². The Morgan fingerprint density at radius 3 is 2.42 bits per heavy atom. The van der Waals surface area contributed by atoms with Gasteiger partial charge in [0.05, 0.1) is 5.69 Å². The van der Waals surface area contributed by atoms with Crippen LogP contribution in [-0.4, -0.2) is 28.4 Å². The molecule has 3 aromatic rings. The molecule has 3 rings (SSSR count). The number of aliphatic carboxylic acids is 1. The van der Waals surface area contributed by atoms with Crippen molar-refractivity contribution >= 4 is 23.1 Å². The molecule has 0 unspecified atom stereocenters. The van der Waals surface area contributed by atoms with Crippen molar-refractivity contribution < 1.29 is 19.4 Å². The number of carboxylic acid groups (broad SMARTS) is 1. The van der Waals surface area contributed by atoms with E-state index >= 15 is 0 Å². The Labute approximate surface area is 186 Å². The van der Waals surface area contributed by atoms with Crippen LogP contribution in [0.1, 0.15) is 58.2 Å². The van der Waals surface area contributed by atoms with Gasteiger partial charge in [-0.3, -0.25) is 4.79 Å². The minimum Gasteiger partial charge on any atom is -0.482 e. The molecule has 0 saturated heterocycles. The van der Waals surface area contributed by atoms with Crippen molar-refractivity contribution in [2.24, 2.45) is 0 Å². The Kier molecular flexibility index (Phi) is 7.23. The molecular weight excluding hydrogens is 410 g/mol. The summed E-state index contributed by atoms with van der Waals surface area (Å²) in [6.07, 6.45) is 1.04. The number of carbonyl (C=O) groups is 2. The van der Waals surface area contributed by atoms with Crippen LogP contribution in [0.25, 0.3) is 10.6 Å². The van der Waals surface area contributed by atoms with Gasteiger partial charge in [0.15, 0.2) is 12.4 Å². The van der Waals surface area contributed by atoms with E-state index in [1.54, 1.807) is 29.5 Å².